The minimum Gasteiger partial charge on any atom is -0.372 e. The Labute approximate surface area is 110 Å². The van der Waals surface area contributed by atoms with Crippen LogP contribution in [0.4, 0.5) is 5.69 Å². The van der Waals surface area contributed by atoms with Gasteiger partial charge in [-0.05, 0) is 39.8 Å². The molecule has 0 saturated heterocycles. The van der Waals surface area contributed by atoms with E-state index in [-0.39, 0.29) is 0 Å². The summed E-state index contributed by atoms with van der Waals surface area (Å²) in [5.74, 6) is 0. The molecule has 0 saturated carbocycles. The summed E-state index contributed by atoms with van der Waals surface area (Å²) in [7, 11) is 2.02. The van der Waals surface area contributed by atoms with Crippen LogP contribution >= 0.6 is 0 Å². The molecule has 1 unspecified atom stereocenters. The molecule has 1 aromatic carbocycles. The molecule has 1 atom stereocenters. The Morgan fingerprint density at radius 2 is 1.89 bits per heavy atom. The van der Waals surface area contributed by atoms with E-state index >= 15 is 0 Å². The van der Waals surface area contributed by atoms with E-state index in [0.717, 1.165) is 5.69 Å². The zero-order valence-electron chi connectivity index (χ0n) is 12.0. The van der Waals surface area contributed by atoms with E-state index in [9.17, 15) is 5.26 Å². The number of likely N-dealkylation sites (N-methyl/N-ethyl adjacent to an activating group) is 1. The van der Waals surface area contributed by atoms with E-state index < -0.39 is 5.54 Å². The monoisotopic (exact) mass is 245 g/mol. The van der Waals surface area contributed by atoms with Crippen molar-refractivity contribution in [2.45, 2.75) is 39.3 Å². The van der Waals surface area contributed by atoms with Gasteiger partial charge in [-0.3, -0.25) is 5.32 Å². The smallest absolute Gasteiger partial charge is 0.121 e. The fraction of sp³-hybridized carbons (Fsp3) is 0.533. The van der Waals surface area contributed by atoms with Crippen molar-refractivity contribution in [3.05, 3.63) is 29.8 Å². The Bertz CT molecular complexity index is 416. The summed E-state index contributed by atoms with van der Waals surface area (Å²) in [6.07, 6.45) is 0. The van der Waals surface area contributed by atoms with E-state index in [0.29, 0.717) is 12.6 Å². The summed E-state index contributed by atoms with van der Waals surface area (Å²) in [5.41, 5.74) is 1.84. The number of nitriles is 1. The summed E-state index contributed by atoms with van der Waals surface area (Å²) in [5, 5.41) is 12.7. The van der Waals surface area contributed by atoms with E-state index in [1.165, 1.54) is 5.56 Å². The van der Waals surface area contributed by atoms with Crippen molar-refractivity contribution < 1.29 is 0 Å². The lowest BCUT2D eigenvalue weighted by atomic mass is 10.0. The van der Waals surface area contributed by atoms with Crippen LogP contribution in [0.1, 0.15) is 26.3 Å². The van der Waals surface area contributed by atoms with Crippen LogP contribution in [0, 0.1) is 18.3 Å². The number of rotatable bonds is 5. The summed E-state index contributed by atoms with van der Waals surface area (Å²) in [6.45, 7) is 8.79. The van der Waals surface area contributed by atoms with Crippen LogP contribution in [0.3, 0.4) is 0 Å². The Balaban J connectivity index is 2.76. The molecule has 1 N–H and O–H groups in total. The van der Waals surface area contributed by atoms with Gasteiger partial charge in [0.15, 0.2) is 0 Å². The van der Waals surface area contributed by atoms with Gasteiger partial charge in [-0.1, -0.05) is 17.7 Å². The van der Waals surface area contributed by atoms with Crippen LogP contribution in [0.25, 0.3) is 0 Å². The number of hydrogen-bond donors (Lipinski definition) is 1. The standard InChI is InChI=1S/C15H23N3/c1-12(2)17-15(4,10-16)11-18(5)14-8-6-13(3)7-9-14/h6-9,12,17H,11H2,1-5H3. The summed E-state index contributed by atoms with van der Waals surface area (Å²) < 4.78 is 0. The van der Waals surface area contributed by atoms with Crippen LogP contribution < -0.4 is 10.2 Å². The third kappa shape index (κ3) is 4.05. The van der Waals surface area contributed by atoms with E-state index in [1.807, 2.05) is 14.0 Å². The maximum absolute atomic E-state index is 9.33. The van der Waals surface area contributed by atoms with Crippen molar-refractivity contribution >= 4 is 5.69 Å². The molecule has 0 heterocycles. The topological polar surface area (TPSA) is 39.1 Å². The predicted molar refractivity (Wildman–Crippen MR) is 76.7 cm³/mol. The molecule has 0 aliphatic rings. The Morgan fingerprint density at radius 1 is 1.33 bits per heavy atom. The third-order valence-electron chi connectivity index (χ3n) is 2.88. The van der Waals surface area contributed by atoms with Gasteiger partial charge in [-0.2, -0.15) is 5.26 Å². The minimum absolute atomic E-state index is 0.293. The first-order valence-corrected chi connectivity index (χ1v) is 6.33. The highest BCUT2D eigenvalue weighted by molar-refractivity contribution is 5.47. The van der Waals surface area contributed by atoms with Gasteiger partial charge in [0.05, 0.1) is 6.07 Å². The first-order chi connectivity index (χ1) is 8.36. The van der Waals surface area contributed by atoms with Gasteiger partial charge in [-0.25, -0.2) is 0 Å². The van der Waals surface area contributed by atoms with Crippen molar-refractivity contribution in [1.29, 1.82) is 5.26 Å². The normalized spacial score (nSPS) is 14.1. The van der Waals surface area contributed by atoms with Gasteiger partial charge in [0, 0.05) is 25.3 Å². The average Bonchev–Trinajstić information content (AvgIpc) is 2.28. The molecule has 0 aliphatic heterocycles. The summed E-state index contributed by atoms with van der Waals surface area (Å²) >= 11 is 0. The van der Waals surface area contributed by atoms with Crippen molar-refractivity contribution in [1.82, 2.24) is 5.32 Å². The van der Waals surface area contributed by atoms with E-state index in [1.54, 1.807) is 0 Å². The van der Waals surface area contributed by atoms with Crippen LogP contribution in [0.15, 0.2) is 24.3 Å². The van der Waals surface area contributed by atoms with Crippen molar-refractivity contribution in [2.24, 2.45) is 0 Å². The van der Waals surface area contributed by atoms with Crippen molar-refractivity contribution in [3.8, 4) is 6.07 Å². The first-order valence-electron chi connectivity index (χ1n) is 6.33. The van der Waals surface area contributed by atoms with Gasteiger partial charge in [-0.15, -0.1) is 0 Å². The van der Waals surface area contributed by atoms with Crippen LogP contribution in [-0.2, 0) is 0 Å². The molecular formula is C15H23N3. The lowest BCUT2D eigenvalue weighted by Gasteiger charge is -2.31. The molecular weight excluding hydrogens is 222 g/mol. The molecule has 0 radical (unpaired) electrons. The number of nitrogens with zero attached hydrogens (tertiary/aromatic N) is 2. The molecule has 0 aliphatic carbocycles. The lowest BCUT2D eigenvalue weighted by Crippen LogP contribution is -2.52. The van der Waals surface area contributed by atoms with Crippen LogP contribution in [-0.4, -0.2) is 25.2 Å². The number of aryl methyl sites for hydroxylation is 1. The maximum Gasteiger partial charge on any atom is 0.121 e. The second-order valence-corrected chi connectivity index (χ2v) is 5.43. The molecule has 0 aromatic heterocycles. The molecule has 3 heteroatoms. The molecule has 3 nitrogen and oxygen atoms in total. The van der Waals surface area contributed by atoms with E-state index in [4.69, 9.17) is 0 Å². The Morgan fingerprint density at radius 3 is 2.33 bits per heavy atom. The fourth-order valence-electron chi connectivity index (χ4n) is 2.12. The Kier molecular flexibility index (Phi) is 4.75. The van der Waals surface area contributed by atoms with Crippen LogP contribution in [0.5, 0.6) is 0 Å². The zero-order chi connectivity index (χ0) is 13.8. The highest BCUT2D eigenvalue weighted by Gasteiger charge is 2.26. The highest BCUT2D eigenvalue weighted by atomic mass is 15.2. The molecule has 18 heavy (non-hydrogen) atoms. The van der Waals surface area contributed by atoms with Gasteiger partial charge in [0.2, 0.25) is 0 Å². The van der Waals surface area contributed by atoms with E-state index in [2.05, 4.69) is 61.3 Å². The lowest BCUT2D eigenvalue weighted by molar-refractivity contribution is 0.408. The second kappa shape index (κ2) is 5.88. The molecule has 1 aromatic rings. The second-order valence-electron chi connectivity index (χ2n) is 5.43. The molecule has 98 valence electrons. The first kappa shape index (κ1) is 14.5. The zero-order valence-corrected chi connectivity index (χ0v) is 12.0. The van der Waals surface area contributed by atoms with Gasteiger partial charge < -0.3 is 4.90 Å². The van der Waals surface area contributed by atoms with Gasteiger partial charge in [0.1, 0.15) is 5.54 Å². The SMILES string of the molecule is Cc1ccc(N(C)CC(C)(C#N)NC(C)C)cc1. The van der Waals surface area contributed by atoms with Gasteiger partial charge >= 0.3 is 0 Å². The molecule has 0 bridgehead atoms. The quantitative estimate of drug-likeness (QED) is 0.867. The van der Waals surface area contributed by atoms with Crippen LogP contribution in [0.2, 0.25) is 0 Å². The number of hydrogen-bond acceptors (Lipinski definition) is 3. The summed E-state index contributed by atoms with van der Waals surface area (Å²) in [4.78, 5) is 2.11. The summed E-state index contributed by atoms with van der Waals surface area (Å²) in [6, 6.07) is 11.0. The fourth-order valence-corrected chi connectivity index (χ4v) is 2.12. The molecule has 0 fully saturated rings. The third-order valence-corrected chi connectivity index (χ3v) is 2.88. The maximum atomic E-state index is 9.33. The highest BCUT2D eigenvalue weighted by Crippen LogP contribution is 2.16. The van der Waals surface area contributed by atoms with Gasteiger partial charge in [0.25, 0.3) is 0 Å². The molecule has 1 rings (SSSR count). The average molecular weight is 245 g/mol. The molecule has 0 spiro atoms. The van der Waals surface area contributed by atoms with Crippen molar-refractivity contribution in [3.63, 3.8) is 0 Å². The predicted octanol–water partition coefficient (Wildman–Crippen LogP) is 2.71. The largest absolute Gasteiger partial charge is 0.372 e. The number of nitrogens with one attached hydrogen (secondary N) is 1. The minimum atomic E-state index is -0.534. The number of benzene rings is 1. The Hall–Kier alpha value is -1.53. The van der Waals surface area contributed by atoms with Crippen molar-refractivity contribution in [2.75, 3.05) is 18.5 Å². The number of anilines is 1. The molecule has 0 amide bonds.